The van der Waals surface area contributed by atoms with Crippen LogP contribution in [0.2, 0.25) is 0 Å². The highest BCUT2D eigenvalue weighted by atomic mass is 16.1. The molecular weight excluding hydrogens is 288 g/mol. The standard InChI is InChI=1S/C18H30N4O/c1-19-15-18(23)20-9-5-6-10-21-11-13-22(14-12-21)16-17-7-3-2-4-8-17/h2-4,7-8,19H,5-6,9-16H2,1H3,(H,20,23). The molecule has 128 valence electrons. The lowest BCUT2D eigenvalue weighted by Gasteiger charge is -2.34. The normalized spacial score (nSPS) is 16.4. The van der Waals surface area contributed by atoms with E-state index in [1.807, 2.05) is 0 Å². The van der Waals surface area contributed by atoms with Gasteiger partial charge in [-0.15, -0.1) is 0 Å². The number of piperazine rings is 1. The van der Waals surface area contributed by atoms with Gasteiger partial charge < -0.3 is 15.5 Å². The van der Waals surface area contributed by atoms with Crippen molar-refractivity contribution in [1.82, 2.24) is 20.4 Å². The molecule has 5 nitrogen and oxygen atoms in total. The topological polar surface area (TPSA) is 47.6 Å². The summed E-state index contributed by atoms with van der Waals surface area (Å²) in [6.07, 6.45) is 2.21. The molecule has 0 aromatic heterocycles. The highest BCUT2D eigenvalue weighted by Gasteiger charge is 2.16. The van der Waals surface area contributed by atoms with Crippen molar-refractivity contribution in [2.75, 3.05) is 52.9 Å². The number of nitrogens with one attached hydrogen (secondary N) is 2. The Labute approximate surface area is 140 Å². The highest BCUT2D eigenvalue weighted by molar-refractivity contribution is 5.77. The second kappa shape index (κ2) is 10.4. The largest absolute Gasteiger partial charge is 0.355 e. The van der Waals surface area contributed by atoms with Crippen molar-refractivity contribution in [2.45, 2.75) is 19.4 Å². The van der Waals surface area contributed by atoms with Gasteiger partial charge in [-0.25, -0.2) is 0 Å². The smallest absolute Gasteiger partial charge is 0.233 e. The van der Waals surface area contributed by atoms with E-state index in [4.69, 9.17) is 0 Å². The van der Waals surface area contributed by atoms with Crippen molar-refractivity contribution >= 4 is 5.91 Å². The fraction of sp³-hybridized carbons (Fsp3) is 0.611. The van der Waals surface area contributed by atoms with Crippen LogP contribution < -0.4 is 10.6 Å². The molecule has 2 N–H and O–H groups in total. The van der Waals surface area contributed by atoms with Gasteiger partial charge in [0.05, 0.1) is 6.54 Å². The van der Waals surface area contributed by atoms with Crippen LogP contribution >= 0.6 is 0 Å². The first-order valence-electron chi connectivity index (χ1n) is 8.68. The molecule has 1 fully saturated rings. The van der Waals surface area contributed by atoms with E-state index in [-0.39, 0.29) is 5.91 Å². The first-order valence-corrected chi connectivity index (χ1v) is 8.68. The van der Waals surface area contributed by atoms with E-state index >= 15 is 0 Å². The van der Waals surface area contributed by atoms with E-state index in [2.05, 4.69) is 50.8 Å². The number of nitrogens with zero attached hydrogens (tertiary/aromatic N) is 2. The molecule has 1 aromatic carbocycles. The number of likely N-dealkylation sites (N-methyl/N-ethyl adjacent to an activating group) is 1. The van der Waals surface area contributed by atoms with E-state index in [0.717, 1.165) is 58.7 Å². The Bertz CT molecular complexity index is 444. The van der Waals surface area contributed by atoms with Crippen LogP contribution in [0.1, 0.15) is 18.4 Å². The summed E-state index contributed by atoms with van der Waals surface area (Å²) in [5, 5.41) is 5.78. The lowest BCUT2D eigenvalue weighted by molar-refractivity contribution is -0.120. The molecule has 1 aliphatic rings. The summed E-state index contributed by atoms with van der Waals surface area (Å²) in [5.74, 6) is 0.0852. The predicted octanol–water partition coefficient (Wildman–Crippen LogP) is 0.920. The molecule has 1 aliphatic heterocycles. The summed E-state index contributed by atoms with van der Waals surface area (Å²) in [7, 11) is 1.79. The molecule has 0 unspecified atom stereocenters. The van der Waals surface area contributed by atoms with Crippen molar-refractivity contribution in [3.8, 4) is 0 Å². The number of hydrogen-bond donors (Lipinski definition) is 2. The minimum absolute atomic E-state index is 0.0852. The zero-order chi connectivity index (χ0) is 16.3. The van der Waals surface area contributed by atoms with E-state index in [1.165, 1.54) is 5.56 Å². The molecule has 0 saturated carbocycles. The van der Waals surface area contributed by atoms with Gasteiger partial charge in [-0.1, -0.05) is 30.3 Å². The second-order valence-corrected chi connectivity index (χ2v) is 6.19. The zero-order valence-electron chi connectivity index (χ0n) is 14.3. The van der Waals surface area contributed by atoms with Crippen LogP contribution in [-0.2, 0) is 11.3 Å². The molecule has 1 heterocycles. The number of benzene rings is 1. The summed E-state index contributed by atoms with van der Waals surface area (Å²) < 4.78 is 0. The number of carbonyl (C=O) groups is 1. The SMILES string of the molecule is CNCC(=O)NCCCCN1CCN(Cc2ccccc2)CC1. The summed E-state index contributed by atoms with van der Waals surface area (Å²) in [4.78, 5) is 16.4. The maximum atomic E-state index is 11.3. The van der Waals surface area contributed by atoms with E-state index in [0.29, 0.717) is 6.54 Å². The van der Waals surface area contributed by atoms with Crippen LogP contribution in [-0.4, -0.2) is 68.6 Å². The Morgan fingerprint density at radius 1 is 1.04 bits per heavy atom. The predicted molar refractivity (Wildman–Crippen MR) is 94.3 cm³/mol. The number of amides is 1. The lowest BCUT2D eigenvalue weighted by atomic mass is 10.2. The summed E-state index contributed by atoms with van der Waals surface area (Å²) in [6.45, 7) is 7.99. The Morgan fingerprint density at radius 2 is 1.74 bits per heavy atom. The molecule has 0 spiro atoms. The molecule has 0 bridgehead atoms. The van der Waals surface area contributed by atoms with Crippen molar-refractivity contribution < 1.29 is 4.79 Å². The van der Waals surface area contributed by atoms with Crippen molar-refractivity contribution in [2.24, 2.45) is 0 Å². The fourth-order valence-electron chi connectivity index (χ4n) is 2.92. The number of carbonyl (C=O) groups excluding carboxylic acids is 1. The van der Waals surface area contributed by atoms with Gasteiger partial charge in [0.1, 0.15) is 0 Å². The van der Waals surface area contributed by atoms with Crippen molar-refractivity contribution in [3.05, 3.63) is 35.9 Å². The number of unbranched alkanes of at least 4 members (excludes halogenated alkanes) is 1. The molecule has 0 atom stereocenters. The molecule has 5 heteroatoms. The van der Waals surface area contributed by atoms with E-state index in [9.17, 15) is 4.79 Å². The van der Waals surface area contributed by atoms with Crippen molar-refractivity contribution in [3.63, 3.8) is 0 Å². The third kappa shape index (κ3) is 7.12. The Kier molecular flexibility index (Phi) is 8.07. The molecule has 1 amide bonds. The average molecular weight is 318 g/mol. The monoisotopic (exact) mass is 318 g/mol. The van der Waals surface area contributed by atoms with Crippen molar-refractivity contribution in [1.29, 1.82) is 0 Å². The summed E-state index contributed by atoms with van der Waals surface area (Å²) >= 11 is 0. The first-order chi connectivity index (χ1) is 11.3. The van der Waals surface area contributed by atoms with E-state index in [1.54, 1.807) is 7.05 Å². The first kappa shape index (κ1) is 17.9. The maximum absolute atomic E-state index is 11.3. The zero-order valence-corrected chi connectivity index (χ0v) is 14.3. The minimum Gasteiger partial charge on any atom is -0.355 e. The Hall–Kier alpha value is -1.43. The van der Waals surface area contributed by atoms with Gasteiger partial charge in [0.25, 0.3) is 0 Å². The Balaban J connectivity index is 1.52. The van der Waals surface area contributed by atoms with E-state index < -0.39 is 0 Å². The third-order valence-electron chi connectivity index (χ3n) is 4.27. The van der Waals surface area contributed by atoms with Crippen LogP contribution in [0.5, 0.6) is 0 Å². The summed E-state index contributed by atoms with van der Waals surface area (Å²) in [6, 6.07) is 10.7. The lowest BCUT2D eigenvalue weighted by Crippen LogP contribution is -2.46. The van der Waals surface area contributed by atoms with Gasteiger partial charge in [-0.2, -0.15) is 0 Å². The summed E-state index contributed by atoms with van der Waals surface area (Å²) in [5.41, 5.74) is 1.40. The van der Waals surface area contributed by atoms with Crippen LogP contribution in [0.3, 0.4) is 0 Å². The Morgan fingerprint density at radius 3 is 2.43 bits per heavy atom. The maximum Gasteiger partial charge on any atom is 0.233 e. The van der Waals surface area contributed by atoms with Gasteiger partial charge in [-0.3, -0.25) is 9.69 Å². The van der Waals surface area contributed by atoms with Gasteiger partial charge in [-0.05, 0) is 32.0 Å². The molecule has 23 heavy (non-hydrogen) atoms. The molecule has 1 saturated heterocycles. The van der Waals surface area contributed by atoms with Gasteiger partial charge in [0, 0.05) is 39.3 Å². The van der Waals surface area contributed by atoms with Crippen LogP contribution in [0.4, 0.5) is 0 Å². The fourth-order valence-corrected chi connectivity index (χ4v) is 2.92. The van der Waals surface area contributed by atoms with Gasteiger partial charge in [0.15, 0.2) is 0 Å². The molecule has 0 aliphatic carbocycles. The van der Waals surface area contributed by atoms with Crippen LogP contribution in [0, 0.1) is 0 Å². The minimum atomic E-state index is 0.0852. The molecule has 0 radical (unpaired) electrons. The molecule has 2 rings (SSSR count). The third-order valence-corrected chi connectivity index (χ3v) is 4.27. The quantitative estimate of drug-likeness (QED) is 0.665. The second-order valence-electron chi connectivity index (χ2n) is 6.19. The number of rotatable bonds is 9. The van der Waals surface area contributed by atoms with Gasteiger partial charge in [0.2, 0.25) is 5.91 Å². The van der Waals surface area contributed by atoms with Crippen LogP contribution in [0.15, 0.2) is 30.3 Å². The molecule has 1 aromatic rings. The van der Waals surface area contributed by atoms with Crippen LogP contribution in [0.25, 0.3) is 0 Å². The molecular formula is C18H30N4O. The highest BCUT2D eigenvalue weighted by Crippen LogP contribution is 2.08. The number of hydrogen-bond acceptors (Lipinski definition) is 4. The van der Waals surface area contributed by atoms with Gasteiger partial charge >= 0.3 is 0 Å². The average Bonchev–Trinajstić information content (AvgIpc) is 2.57.